The van der Waals surface area contributed by atoms with Crippen molar-refractivity contribution in [2.75, 3.05) is 18.6 Å². The summed E-state index contributed by atoms with van der Waals surface area (Å²) in [5.41, 5.74) is 0. The van der Waals surface area contributed by atoms with Gasteiger partial charge in [-0.1, -0.05) is 5.10 Å². The molecule has 1 aliphatic rings. The second-order valence-corrected chi connectivity index (χ2v) is 3.51. The molecule has 0 aliphatic carbocycles. The van der Waals surface area contributed by atoms with E-state index in [1.807, 2.05) is 0 Å². The molecule has 0 aromatic carbocycles. The van der Waals surface area contributed by atoms with Crippen LogP contribution in [0.5, 0.6) is 0 Å². The van der Waals surface area contributed by atoms with Crippen LogP contribution in [0.15, 0.2) is 0 Å². The van der Waals surface area contributed by atoms with Crippen molar-refractivity contribution in [2.24, 2.45) is 13.0 Å². The third-order valence-electron chi connectivity index (χ3n) is 2.40. The highest BCUT2D eigenvalue weighted by molar-refractivity contribution is 5.98. The Bertz CT molecular complexity index is 429. The van der Waals surface area contributed by atoms with Crippen molar-refractivity contribution in [2.45, 2.75) is 6.42 Å². The molecule has 16 heavy (non-hydrogen) atoms. The van der Waals surface area contributed by atoms with E-state index in [2.05, 4.69) is 20.1 Å². The highest BCUT2D eigenvalue weighted by Crippen LogP contribution is 2.22. The van der Waals surface area contributed by atoms with Crippen molar-refractivity contribution >= 4 is 17.8 Å². The highest BCUT2D eigenvalue weighted by atomic mass is 16.5. The molecule has 0 radical (unpaired) electrons. The van der Waals surface area contributed by atoms with Crippen LogP contribution in [-0.4, -0.2) is 45.7 Å². The molecule has 1 aromatic rings. The van der Waals surface area contributed by atoms with Crippen LogP contribution in [-0.2, 0) is 21.4 Å². The number of methoxy groups -OCH3 is 1. The zero-order valence-corrected chi connectivity index (χ0v) is 8.95. The Morgan fingerprint density at radius 3 is 2.88 bits per heavy atom. The van der Waals surface area contributed by atoms with E-state index < -0.39 is 5.92 Å². The maximum Gasteiger partial charge on any atom is 0.311 e. The summed E-state index contributed by atoms with van der Waals surface area (Å²) in [5.74, 6) is -0.802. The molecule has 0 bridgehead atoms. The minimum atomic E-state index is -0.443. The van der Waals surface area contributed by atoms with Crippen molar-refractivity contribution < 1.29 is 14.3 Å². The van der Waals surface area contributed by atoms with E-state index in [1.165, 1.54) is 16.8 Å². The molecule has 1 fully saturated rings. The predicted octanol–water partition coefficient (Wildman–Crippen LogP) is -1.26. The van der Waals surface area contributed by atoms with Gasteiger partial charge in [0.25, 0.3) is 5.95 Å². The minimum Gasteiger partial charge on any atom is -0.469 e. The number of carbonyl (C=O) groups is 2. The van der Waals surface area contributed by atoms with Gasteiger partial charge in [0, 0.05) is 13.0 Å². The average molecular weight is 225 g/mol. The largest absolute Gasteiger partial charge is 0.469 e. The maximum atomic E-state index is 11.6. The number of esters is 1. The number of ether oxygens (including phenoxy) is 1. The standard InChI is InChI=1S/C8H11N5O3/c1-12-10-8(9-11-12)13-4-5(3-6(13)14)7(15)16-2/h5H,3-4H2,1-2H3/t5-/m0/s1. The number of rotatable bonds is 2. The highest BCUT2D eigenvalue weighted by Gasteiger charge is 2.37. The van der Waals surface area contributed by atoms with Crippen LogP contribution < -0.4 is 4.90 Å². The van der Waals surface area contributed by atoms with Gasteiger partial charge in [-0.3, -0.25) is 14.5 Å². The zero-order valence-electron chi connectivity index (χ0n) is 8.95. The molecule has 2 rings (SSSR count). The monoisotopic (exact) mass is 225 g/mol. The fourth-order valence-electron chi connectivity index (χ4n) is 1.61. The van der Waals surface area contributed by atoms with Crippen molar-refractivity contribution in [3.63, 3.8) is 0 Å². The number of anilines is 1. The number of aromatic nitrogens is 4. The van der Waals surface area contributed by atoms with E-state index in [1.54, 1.807) is 7.05 Å². The van der Waals surface area contributed by atoms with Crippen molar-refractivity contribution in [3.05, 3.63) is 0 Å². The molecular formula is C8H11N5O3. The zero-order chi connectivity index (χ0) is 11.7. The number of hydrogen-bond acceptors (Lipinski definition) is 6. The topological polar surface area (TPSA) is 90.2 Å². The molecule has 0 unspecified atom stereocenters. The Balaban J connectivity index is 2.14. The van der Waals surface area contributed by atoms with Gasteiger partial charge in [0.15, 0.2) is 0 Å². The molecule has 2 heterocycles. The molecule has 1 aromatic heterocycles. The lowest BCUT2D eigenvalue weighted by atomic mass is 10.1. The van der Waals surface area contributed by atoms with E-state index in [0.29, 0.717) is 0 Å². The molecule has 1 saturated heterocycles. The lowest BCUT2D eigenvalue weighted by molar-refractivity contribution is -0.145. The number of tetrazole rings is 1. The summed E-state index contributed by atoms with van der Waals surface area (Å²) in [5, 5.41) is 11.3. The molecule has 0 spiro atoms. The number of carbonyl (C=O) groups excluding carboxylic acids is 2. The maximum absolute atomic E-state index is 11.6. The number of nitrogens with zero attached hydrogens (tertiary/aromatic N) is 5. The first-order valence-corrected chi connectivity index (χ1v) is 4.74. The van der Waals surface area contributed by atoms with Gasteiger partial charge in [-0.05, 0) is 5.21 Å². The third-order valence-corrected chi connectivity index (χ3v) is 2.40. The Hall–Kier alpha value is -1.99. The van der Waals surface area contributed by atoms with E-state index in [0.717, 1.165) is 0 Å². The van der Waals surface area contributed by atoms with E-state index in [-0.39, 0.29) is 30.8 Å². The van der Waals surface area contributed by atoms with Gasteiger partial charge in [-0.2, -0.15) is 4.80 Å². The SMILES string of the molecule is COC(=O)[C@H]1CC(=O)N(c2nnn(C)n2)C1. The minimum absolute atomic E-state index is 0.130. The first-order valence-electron chi connectivity index (χ1n) is 4.74. The van der Waals surface area contributed by atoms with Gasteiger partial charge < -0.3 is 4.74 Å². The first-order chi connectivity index (χ1) is 7.61. The average Bonchev–Trinajstić information content (AvgIpc) is 2.83. The second-order valence-electron chi connectivity index (χ2n) is 3.51. The van der Waals surface area contributed by atoms with Gasteiger partial charge in [-0.15, -0.1) is 5.10 Å². The lowest BCUT2D eigenvalue weighted by Gasteiger charge is -2.09. The molecule has 1 atom stereocenters. The fourth-order valence-corrected chi connectivity index (χ4v) is 1.61. The number of aryl methyl sites for hydroxylation is 1. The van der Waals surface area contributed by atoms with Crippen molar-refractivity contribution in [3.8, 4) is 0 Å². The van der Waals surface area contributed by atoms with Crippen LogP contribution in [0.25, 0.3) is 0 Å². The summed E-state index contributed by atoms with van der Waals surface area (Å²) >= 11 is 0. The number of hydrogen-bond donors (Lipinski definition) is 0. The molecule has 86 valence electrons. The molecule has 1 aliphatic heterocycles. The molecule has 8 heteroatoms. The van der Waals surface area contributed by atoms with Crippen LogP contribution in [0.2, 0.25) is 0 Å². The fraction of sp³-hybridized carbons (Fsp3) is 0.625. The quantitative estimate of drug-likeness (QED) is 0.583. The summed E-state index contributed by atoms with van der Waals surface area (Å²) in [6, 6.07) is 0. The van der Waals surface area contributed by atoms with E-state index in [9.17, 15) is 9.59 Å². The van der Waals surface area contributed by atoms with Gasteiger partial charge in [0.05, 0.1) is 20.1 Å². The van der Waals surface area contributed by atoms with Crippen LogP contribution in [0.3, 0.4) is 0 Å². The van der Waals surface area contributed by atoms with Crippen LogP contribution in [0.1, 0.15) is 6.42 Å². The smallest absolute Gasteiger partial charge is 0.311 e. The Morgan fingerprint density at radius 2 is 2.31 bits per heavy atom. The second kappa shape index (κ2) is 3.87. The van der Waals surface area contributed by atoms with E-state index in [4.69, 9.17) is 0 Å². The Morgan fingerprint density at radius 1 is 1.56 bits per heavy atom. The summed E-state index contributed by atoms with van der Waals surface area (Å²) in [6.07, 6.45) is 0.130. The summed E-state index contributed by atoms with van der Waals surface area (Å²) in [7, 11) is 2.91. The molecule has 1 amide bonds. The molecule has 8 nitrogen and oxygen atoms in total. The summed E-state index contributed by atoms with van der Waals surface area (Å²) in [4.78, 5) is 25.5. The Labute approximate surface area is 91.2 Å². The van der Waals surface area contributed by atoms with Gasteiger partial charge >= 0.3 is 5.97 Å². The van der Waals surface area contributed by atoms with Gasteiger partial charge in [0.2, 0.25) is 5.91 Å². The van der Waals surface area contributed by atoms with Crippen LogP contribution in [0, 0.1) is 5.92 Å². The number of amides is 1. The first kappa shape index (κ1) is 10.5. The summed E-state index contributed by atoms with van der Waals surface area (Å²) in [6.45, 7) is 0.247. The van der Waals surface area contributed by atoms with Crippen molar-refractivity contribution in [1.29, 1.82) is 0 Å². The van der Waals surface area contributed by atoms with Gasteiger partial charge in [0.1, 0.15) is 0 Å². The van der Waals surface area contributed by atoms with Crippen LogP contribution in [0.4, 0.5) is 5.95 Å². The lowest BCUT2D eigenvalue weighted by Crippen LogP contribution is -2.27. The molecule has 0 saturated carbocycles. The van der Waals surface area contributed by atoms with Crippen molar-refractivity contribution in [1.82, 2.24) is 20.2 Å². The van der Waals surface area contributed by atoms with Crippen LogP contribution >= 0.6 is 0 Å². The van der Waals surface area contributed by atoms with Gasteiger partial charge in [-0.25, -0.2) is 0 Å². The molecule has 0 N–H and O–H groups in total. The summed E-state index contributed by atoms with van der Waals surface area (Å²) < 4.78 is 4.59. The normalized spacial score (nSPS) is 20.2. The molecular weight excluding hydrogens is 214 g/mol. The predicted molar refractivity (Wildman–Crippen MR) is 51.3 cm³/mol. The van der Waals surface area contributed by atoms with E-state index >= 15 is 0 Å². The Kier molecular flexibility index (Phi) is 2.55. The third kappa shape index (κ3) is 1.73.